The molecule has 2 rings (SSSR count). The zero-order valence-electron chi connectivity index (χ0n) is 10.6. The summed E-state index contributed by atoms with van der Waals surface area (Å²) in [5, 5.41) is 13.0. The summed E-state index contributed by atoms with van der Waals surface area (Å²) in [6.45, 7) is 0.666. The second-order valence-corrected chi connectivity index (χ2v) is 6.28. The normalized spacial score (nSPS) is 22.4. The van der Waals surface area contributed by atoms with Gasteiger partial charge in [0.2, 0.25) is 5.91 Å². The van der Waals surface area contributed by atoms with E-state index < -0.39 is 0 Å². The first-order valence-corrected chi connectivity index (χ1v) is 7.83. The maximum absolute atomic E-state index is 11.7. The van der Waals surface area contributed by atoms with Crippen molar-refractivity contribution in [3.63, 3.8) is 0 Å². The van der Waals surface area contributed by atoms with Gasteiger partial charge in [-0.15, -0.1) is 11.8 Å². The van der Waals surface area contributed by atoms with Gasteiger partial charge in [-0.3, -0.25) is 4.79 Å². The first-order chi connectivity index (χ1) is 9.15. The fraction of sp³-hybridized carbons (Fsp3) is 0.500. The Hall–Kier alpha value is -0.710. The molecule has 0 radical (unpaired) electrons. The highest BCUT2D eigenvalue weighted by atomic mass is 35.5. The molecule has 2 N–H and O–H groups in total. The lowest BCUT2D eigenvalue weighted by Crippen LogP contribution is -2.30. The van der Waals surface area contributed by atoms with Crippen molar-refractivity contribution in [2.24, 2.45) is 5.92 Å². The number of benzene rings is 1. The first kappa shape index (κ1) is 14.7. The van der Waals surface area contributed by atoms with Crippen molar-refractivity contribution < 1.29 is 9.90 Å². The van der Waals surface area contributed by atoms with E-state index in [0.717, 1.165) is 24.2 Å². The second kappa shape index (κ2) is 7.17. The number of hydrogen-bond donors (Lipinski definition) is 2. The number of aliphatic hydroxyl groups excluding tert-OH is 1. The van der Waals surface area contributed by atoms with Crippen molar-refractivity contribution in [2.75, 3.05) is 12.3 Å². The van der Waals surface area contributed by atoms with Crippen molar-refractivity contribution in [2.45, 2.75) is 30.3 Å². The summed E-state index contributed by atoms with van der Waals surface area (Å²) in [5.41, 5.74) is 0. The fourth-order valence-corrected chi connectivity index (χ4v) is 3.32. The van der Waals surface area contributed by atoms with Crippen molar-refractivity contribution in [3.8, 4) is 0 Å². The third kappa shape index (κ3) is 4.71. The maximum Gasteiger partial charge on any atom is 0.230 e. The summed E-state index contributed by atoms with van der Waals surface area (Å²) in [6, 6.07) is 7.51. The Bertz CT molecular complexity index is 441. The highest BCUT2D eigenvalue weighted by Gasteiger charge is 2.22. The average molecular weight is 300 g/mol. The number of amides is 1. The third-order valence-electron chi connectivity index (χ3n) is 3.30. The number of carbonyl (C=O) groups excluding carboxylic acids is 1. The number of rotatable bonds is 5. The van der Waals surface area contributed by atoms with E-state index in [4.69, 9.17) is 11.6 Å². The number of halogens is 1. The number of hydrogen-bond acceptors (Lipinski definition) is 3. The van der Waals surface area contributed by atoms with Gasteiger partial charge in [-0.25, -0.2) is 0 Å². The molecule has 5 heteroatoms. The molecule has 0 aliphatic heterocycles. The van der Waals surface area contributed by atoms with Gasteiger partial charge < -0.3 is 10.4 Å². The van der Waals surface area contributed by atoms with Gasteiger partial charge in [-0.2, -0.15) is 0 Å². The molecule has 0 saturated heterocycles. The monoisotopic (exact) mass is 299 g/mol. The number of aliphatic hydroxyl groups is 1. The van der Waals surface area contributed by atoms with Crippen LogP contribution in [0.25, 0.3) is 0 Å². The van der Waals surface area contributed by atoms with Crippen LogP contribution in [0.1, 0.15) is 19.3 Å². The van der Waals surface area contributed by atoms with Gasteiger partial charge in [0.1, 0.15) is 0 Å². The van der Waals surface area contributed by atoms with E-state index in [1.807, 2.05) is 24.3 Å². The van der Waals surface area contributed by atoms with Crippen molar-refractivity contribution >= 4 is 29.3 Å². The molecule has 2 atom stereocenters. The highest BCUT2D eigenvalue weighted by Crippen LogP contribution is 2.27. The summed E-state index contributed by atoms with van der Waals surface area (Å²) < 4.78 is 0. The van der Waals surface area contributed by atoms with E-state index in [1.165, 1.54) is 11.8 Å². The molecule has 1 saturated carbocycles. The molecule has 2 unspecified atom stereocenters. The van der Waals surface area contributed by atoms with Crippen LogP contribution in [0.15, 0.2) is 29.2 Å². The smallest absolute Gasteiger partial charge is 0.230 e. The van der Waals surface area contributed by atoms with Crippen LogP contribution in [0, 0.1) is 5.92 Å². The molecule has 3 nitrogen and oxygen atoms in total. The zero-order chi connectivity index (χ0) is 13.7. The molecule has 1 fully saturated rings. The molecule has 1 aliphatic rings. The van der Waals surface area contributed by atoms with Crippen LogP contribution in [0.5, 0.6) is 0 Å². The molecular weight excluding hydrogens is 282 g/mol. The maximum atomic E-state index is 11.7. The molecule has 1 aromatic rings. The van der Waals surface area contributed by atoms with Crippen LogP contribution in [0.3, 0.4) is 0 Å². The van der Waals surface area contributed by atoms with Crippen LogP contribution in [-0.2, 0) is 4.79 Å². The molecular formula is C14H18ClNO2S. The average Bonchev–Trinajstić information content (AvgIpc) is 2.81. The highest BCUT2D eigenvalue weighted by molar-refractivity contribution is 8.00. The van der Waals surface area contributed by atoms with Crippen molar-refractivity contribution in [3.05, 3.63) is 29.3 Å². The largest absolute Gasteiger partial charge is 0.393 e. The topological polar surface area (TPSA) is 49.3 Å². The van der Waals surface area contributed by atoms with Crippen LogP contribution < -0.4 is 5.32 Å². The Kier molecular flexibility index (Phi) is 5.55. The van der Waals surface area contributed by atoms with Crippen LogP contribution >= 0.6 is 23.4 Å². The van der Waals surface area contributed by atoms with E-state index in [9.17, 15) is 9.90 Å². The van der Waals surface area contributed by atoms with E-state index >= 15 is 0 Å². The lowest BCUT2D eigenvalue weighted by molar-refractivity contribution is -0.118. The third-order valence-corrected chi connectivity index (χ3v) is 4.81. The quantitative estimate of drug-likeness (QED) is 0.822. The Labute approximate surface area is 122 Å². The minimum atomic E-state index is -0.181. The summed E-state index contributed by atoms with van der Waals surface area (Å²) in [6.07, 6.45) is 2.48. The van der Waals surface area contributed by atoms with Gasteiger partial charge in [-0.05, 0) is 37.3 Å². The van der Waals surface area contributed by atoms with Crippen LogP contribution in [0.2, 0.25) is 5.02 Å². The summed E-state index contributed by atoms with van der Waals surface area (Å²) >= 11 is 7.47. The van der Waals surface area contributed by atoms with E-state index in [0.29, 0.717) is 23.2 Å². The van der Waals surface area contributed by atoms with Gasteiger partial charge in [-0.1, -0.05) is 23.7 Å². The number of thioether (sulfide) groups is 1. The predicted molar refractivity (Wildman–Crippen MR) is 78.5 cm³/mol. The molecule has 1 aromatic carbocycles. The summed E-state index contributed by atoms with van der Waals surface area (Å²) in [4.78, 5) is 12.7. The van der Waals surface area contributed by atoms with Gasteiger partial charge in [0.15, 0.2) is 0 Å². The second-order valence-electron chi connectivity index (χ2n) is 4.86. The Balaban J connectivity index is 1.69. The summed E-state index contributed by atoms with van der Waals surface area (Å²) in [7, 11) is 0. The lowest BCUT2D eigenvalue weighted by atomic mass is 10.1. The SMILES string of the molecule is O=C(CSc1ccccc1Cl)NCC1CCC(O)C1. The zero-order valence-corrected chi connectivity index (χ0v) is 12.2. The van der Waals surface area contributed by atoms with Crippen LogP contribution in [0.4, 0.5) is 0 Å². The standard InChI is InChI=1S/C14H18ClNO2S/c15-12-3-1-2-4-13(12)19-9-14(18)16-8-10-5-6-11(17)7-10/h1-4,10-11,17H,5-9H2,(H,16,18). The molecule has 0 aromatic heterocycles. The predicted octanol–water partition coefficient (Wildman–Crippen LogP) is 2.71. The Morgan fingerprint density at radius 2 is 2.21 bits per heavy atom. The molecule has 104 valence electrons. The molecule has 19 heavy (non-hydrogen) atoms. The van der Waals surface area contributed by atoms with E-state index in [1.54, 1.807) is 0 Å². The van der Waals surface area contributed by atoms with Gasteiger partial charge in [0.25, 0.3) is 0 Å². The van der Waals surface area contributed by atoms with E-state index in [-0.39, 0.29) is 12.0 Å². The molecule has 1 aliphatic carbocycles. The number of nitrogens with one attached hydrogen (secondary N) is 1. The fourth-order valence-electron chi connectivity index (χ4n) is 2.25. The van der Waals surface area contributed by atoms with Gasteiger partial charge in [0.05, 0.1) is 16.9 Å². The summed E-state index contributed by atoms with van der Waals surface area (Å²) in [5.74, 6) is 0.814. The number of carbonyl (C=O) groups is 1. The van der Waals surface area contributed by atoms with Gasteiger partial charge in [0, 0.05) is 11.4 Å². The molecule has 0 bridgehead atoms. The van der Waals surface area contributed by atoms with Gasteiger partial charge >= 0.3 is 0 Å². The van der Waals surface area contributed by atoms with E-state index in [2.05, 4.69) is 5.32 Å². The van der Waals surface area contributed by atoms with Crippen molar-refractivity contribution in [1.82, 2.24) is 5.32 Å². The minimum Gasteiger partial charge on any atom is -0.393 e. The van der Waals surface area contributed by atoms with Crippen LogP contribution in [-0.4, -0.2) is 29.4 Å². The first-order valence-electron chi connectivity index (χ1n) is 6.47. The Morgan fingerprint density at radius 1 is 1.42 bits per heavy atom. The molecule has 0 spiro atoms. The molecule has 1 amide bonds. The minimum absolute atomic E-state index is 0.0197. The molecule has 0 heterocycles. The Morgan fingerprint density at radius 3 is 2.89 bits per heavy atom. The van der Waals surface area contributed by atoms with Crippen molar-refractivity contribution in [1.29, 1.82) is 0 Å². The lowest BCUT2D eigenvalue weighted by Gasteiger charge is -2.11.